The van der Waals surface area contributed by atoms with Crippen LogP contribution in [0.4, 0.5) is 0 Å². The maximum atomic E-state index is 11.8. The van der Waals surface area contributed by atoms with Crippen LogP contribution in [0.2, 0.25) is 0 Å². The van der Waals surface area contributed by atoms with Crippen LogP contribution in [-0.4, -0.2) is 16.9 Å². The van der Waals surface area contributed by atoms with Gasteiger partial charge < -0.3 is 9.94 Å². The molecule has 0 bridgehead atoms. The summed E-state index contributed by atoms with van der Waals surface area (Å²) in [6, 6.07) is 15.3. The van der Waals surface area contributed by atoms with E-state index in [0.29, 0.717) is 16.9 Å². The number of esters is 1. The summed E-state index contributed by atoms with van der Waals surface area (Å²) in [6.07, 6.45) is 0. The zero-order chi connectivity index (χ0) is 13.7. The van der Waals surface area contributed by atoms with Gasteiger partial charge in [0.05, 0.1) is 11.3 Å². The predicted octanol–water partition coefficient (Wildman–Crippen LogP) is 2.92. The Hall–Kier alpha value is -2.62. The topological polar surface area (TPSA) is 58.9 Å². The first-order valence-electron chi connectivity index (χ1n) is 5.62. The Labute approximate surface area is 111 Å². The second kappa shape index (κ2) is 5.82. The molecule has 1 N–H and O–H groups in total. The summed E-state index contributed by atoms with van der Waals surface area (Å²) >= 11 is 0. The van der Waals surface area contributed by atoms with Gasteiger partial charge in [-0.25, -0.2) is 4.79 Å². The molecule has 0 atom stereocenters. The molecule has 1 radical (unpaired) electrons. The van der Waals surface area contributed by atoms with Crippen molar-refractivity contribution < 1.29 is 14.7 Å². The monoisotopic (exact) mass is 254 g/mol. The molecule has 95 valence electrons. The number of ether oxygens (including phenoxy) is 1. The highest BCUT2D eigenvalue weighted by Crippen LogP contribution is 2.15. The highest BCUT2D eigenvalue weighted by atomic mass is 16.5. The van der Waals surface area contributed by atoms with Crippen molar-refractivity contribution in [2.45, 2.75) is 0 Å². The van der Waals surface area contributed by atoms with Crippen LogP contribution in [0.3, 0.4) is 0 Å². The number of rotatable bonds is 3. The smallest absolute Gasteiger partial charge is 0.343 e. The van der Waals surface area contributed by atoms with Crippen molar-refractivity contribution in [2.24, 2.45) is 5.16 Å². The number of hydrogen-bond acceptors (Lipinski definition) is 4. The van der Waals surface area contributed by atoms with E-state index in [4.69, 9.17) is 9.94 Å². The van der Waals surface area contributed by atoms with Crippen molar-refractivity contribution in [1.82, 2.24) is 0 Å². The fraction of sp³-hybridized carbons (Fsp3) is 0. The Morgan fingerprint density at radius 2 is 1.74 bits per heavy atom. The Morgan fingerprint density at radius 1 is 1.05 bits per heavy atom. The summed E-state index contributed by atoms with van der Waals surface area (Å²) in [5.41, 5.74) is 1.26. The van der Waals surface area contributed by atoms with Gasteiger partial charge in [-0.3, -0.25) is 0 Å². The fourth-order valence-electron chi connectivity index (χ4n) is 1.54. The molecule has 0 fully saturated rings. The minimum absolute atomic E-state index is 0.206. The molecule has 2 aromatic carbocycles. The van der Waals surface area contributed by atoms with Crippen LogP contribution in [0, 0.1) is 6.92 Å². The van der Waals surface area contributed by atoms with E-state index in [0.717, 1.165) is 0 Å². The molecule has 0 aliphatic heterocycles. The van der Waals surface area contributed by atoms with E-state index in [2.05, 4.69) is 12.1 Å². The molecular formula is C15H12NO3. The molecule has 0 spiro atoms. The summed E-state index contributed by atoms with van der Waals surface area (Å²) < 4.78 is 5.23. The molecule has 0 aromatic heterocycles. The van der Waals surface area contributed by atoms with Gasteiger partial charge in [0.15, 0.2) is 0 Å². The minimum Gasteiger partial charge on any atom is -0.423 e. The van der Waals surface area contributed by atoms with Crippen molar-refractivity contribution in [1.29, 1.82) is 0 Å². The van der Waals surface area contributed by atoms with E-state index in [1.54, 1.807) is 48.5 Å². The van der Waals surface area contributed by atoms with Crippen molar-refractivity contribution in [3.63, 3.8) is 0 Å². The standard InChI is InChI=1S/C15H12NO3/c1-11(16-18)13-8-5-9-14(10-13)19-15(17)12-6-3-2-4-7-12/h2-10,18H,1H2/b16-11+. The predicted molar refractivity (Wildman–Crippen MR) is 71.5 cm³/mol. The van der Waals surface area contributed by atoms with Crippen molar-refractivity contribution in [3.05, 3.63) is 72.6 Å². The number of nitrogens with zero attached hydrogens (tertiary/aromatic N) is 1. The average Bonchev–Trinajstić information content (AvgIpc) is 2.47. The van der Waals surface area contributed by atoms with Gasteiger partial charge >= 0.3 is 5.97 Å². The van der Waals surface area contributed by atoms with Crippen molar-refractivity contribution in [2.75, 3.05) is 0 Å². The molecule has 0 amide bonds. The molecule has 0 aliphatic rings. The highest BCUT2D eigenvalue weighted by molar-refractivity contribution is 6.03. The second-order valence-electron chi connectivity index (χ2n) is 3.83. The SMILES string of the molecule is [CH2]/C(=N\O)c1cccc(OC(=O)c2ccccc2)c1. The van der Waals surface area contributed by atoms with E-state index < -0.39 is 5.97 Å². The minimum atomic E-state index is -0.440. The zero-order valence-corrected chi connectivity index (χ0v) is 10.1. The van der Waals surface area contributed by atoms with E-state index in [-0.39, 0.29) is 5.71 Å². The number of carbonyl (C=O) groups excluding carboxylic acids is 1. The van der Waals surface area contributed by atoms with Crippen molar-refractivity contribution in [3.8, 4) is 5.75 Å². The number of benzene rings is 2. The lowest BCUT2D eigenvalue weighted by Crippen LogP contribution is -2.08. The van der Waals surface area contributed by atoms with E-state index >= 15 is 0 Å². The number of hydrogen-bond donors (Lipinski definition) is 1. The molecule has 0 aliphatic carbocycles. The van der Waals surface area contributed by atoms with Gasteiger partial charge in [-0.2, -0.15) is 0 Å². The largest absolute Gasteiger partial charge is 0.423 e. The van der Waals surface area contributed by atoms with E-state index in [1.165, 1.54) is 0 Å². The van der Waals surface area contributed by atoms with Crippen LogP contribution in [0.15, 0.2) is 59.8 Å². The van der Waals surface area contributed by atoms with Crippen molar-refractivity contribution >= 4 is 11.7 Å². The van der Waals surface area contributed by atoms with Gasteiger partial charge in [0.25, 0.3) is 0 Å². The lowest BCUT2D eigenvalue weighted by Gasteiger charge is -2.06. The normalized spacial score (nSPS) is 11.1. The number of carbonyl (C=O) groups is 1. The Kier molecular flexibility index (Phi) is 3.93. The summed E-state index contributed by atoms with van der Waals surface area (Å²) in [5, 5.41) is 11.7. The molecule has 4 heteroatoms. The average molecular weight is 254 g/mol. The number of oxime groups is 1. The molecule has 0 heterocycles. The summed E-state index contributed by atoms with van der Waals surface area (Å²) in [6.45, 7) is 3.56. The lowest BCUT2D eigenvalue weighted by molar-refractivity contribution is 0.0735. The van der Waals surface area contributed by atoms with Crippen LogP contribution >= 0.6 is 0 Å². The van der Waals surface area contributed by atoms with Crippen LogP contribution in [0.1, 0.15) is 15.9 Å². The van der Waals surface area contributed by atoms with Gasteiger partial charge in [0.1, 0.15) is 5.75 Å². The summed E-state index contributed by atoms with van der Waals surface area (Å²) in [4.78, 5) is 11.8. The van der Waals surface area contributed by atoms with E-state index in [1.807, 2.05) is 6.07 Å². The second-order valence-corrected chi connectivity index (χ2v) is 3.83. The quantitative estimate of drug-likeness (QED) is 0.301. The summed E-state index contributed by atoms with van der Waals surface area (Å²) in [7, 11) is 0. The van der Waals surface area contributed by atoms with Gasteiger partial charge in [-0.1, -0.05) is 35.5 Å². The first-order valence-corrected chi connectivity index (χ1v) is 5.62. The Bertz CT molecular complexity index is 606. The molecule has 0 saturated heterocycles. The van der Waals surface area contributed by atoms with Crippen LogP contribution in [0.5, 0.6) is 5.75 Å². The maximum Gasteiger partial charge on any atom is 0.343 e. The third-order valence-corrected chi connectivity index (χ3v) is 2.51. The first-order chi connectivity index (χ1) is 9.20. The van der Waals surface area contributed by atoms with Gasteiger partial charge in [0.2, 0.25) is 0 Å². The third-order valence-electron chi connectivity index (χ3n) is 2.51. The van der Waals surface area contributed by atoms with E-state index in [9.17, 15) is 4.79 Å². The maximum absolute atomic E-state index is 11.8. The fourth-order valence-corrected chi connectivity index (χ4v) is 1.54. The van der Waals surface area contributed by atoms with Gasteiger partial charge in [-0.15, -0.1) is 0 Å². The molecule has 0 unspecified atom stereocenters. The van der Waals surface area contributed by atoms with Crippen LogP contribution in [0.25, 0.3) is 0 Å². The molecular weight excluding hydrogens is 242 g/mol. The molecule has 19 heavy (non-hydrogen) atoms. The Balaban J connectivity index is 2.18. The molecule has 2 aromatic rings. The molecule has 2 rings (SSSR count). The highest BCUT2D eigenvalue weighted by Gasteiger charge is 2.08. The molecule has 0 saturated carbocycles. The van der Waals surface area contributed by atoms with Crippen LogP contribution < -0.4 is 4.74 Å². The lowest BCUT2D eigenvalue weighted by atomic mass is 10.1. The van der Waals surface area contributed by atoms with Gasteiger partial charge in [-0.05, 0) is 31.2 Å². The summed E-state index contributed by atoms with van der Waals surface area (Å²) in [5.74, 6) is -0.0690. The molecule has 4 nitrogen and oxygen atoms in total. The Morgan fingerprint density at radius 3 is 2.42 bits per heavy atom. The zero-order valence-electron chi connectivity index (χ0n) is 10.1. The third kappa shape index (κ3) is 3.19. The first kappa shape index (κ1) is 12.8. The van der Waals surface area contributed by atoms with Crippen LogP contribution in [-0.2, 0) is 0 Å². The van der Waals surface area contributed by atoms with Gasteiger partial charge in [0, 0.05) is 5.56 Å².